The second kappa shape index (κ2) is 4.28. The van der Waals surface area contributed by atoms with Gasteiger partial charge < -0.3 is 15.5 Å². The molecular weight excluding hydrogens is 245 g/mol. The fourth-order valence-corrected chi connectivity index (χ4v) is 1.87. The van der Waals surface area contributed by atoms with Gasteiger partial charge in [-0.05, 0) is 42.8 Å². The smallest absolute Gasteiger partial charge is 0.300 e. The number of nitrogens with one attached hydrogen (secondary N) is 1. The molecule has 5 heteroatoms. The van der Waals surface area contributed by atoms with E-state index in [1.54, 1.807) is 37.3 Å². The average molecular weight is 257 g/mol. The quantitative estimate of drug-likeness (QED) is 0.688. The van der Waals surface area contributed by atoms with E-state index >= 15 is 0 Å². The van der Waals surface area contributed by atoms with Crippen molar-refractivity contribution < 1.29 is 8.81 Å². The first-order chi connectivity index (χ1) is 9.13. The van der Waals surface area contributed by atoms with Crippen molar-refractivity contribution in [3.8, 4) is 0 Å². The van der Waals surface area contributed by atoms with Crippen molar-refractivity contribution in [2.75, 3.05) is 11.1 Å². The summed E-state index contributed by atoms with van der Waals surface area (Å²) in [5, 5.41) is 2.99. The molecule has 3 aromatic rings. The van der Waals surface area contributed by atoms with Crippen molar-refractivity contribution >= 4 is 28.5 Å². The first-order valence-corrected chi connectivity index (χ1v) is 5.82. The maximum atomic E-state index is 13.2. The summed E-state index contributed by atoms with van der Waals surface area (Å²) in [7, 11) is 0. The van der Waals surface area contributed by atoms with E-state index in [4.69, 9.17) is 10.2 Å². The minimum absolute atomic E-state index is 0.243. The van der Waals surface area contributed by atoms with Gasteiger partial charge in [0.25, 0.3) is 6.01 Å². The Morgan fingerprint density at radius 2 is 2.11 bits per heavy atom. The van der Waals surface area contributed by atoms with Crippen LogP contribution in [0.25, 0.3) is 11.1 Å². The summed E-state index contributed by atoms with van der Waals surface area (Å²) in [6.45, 7) is 1.70. The lowest BCUT2D eigenvalue weighted by atomic mass is 10.2. The Morgan fingerprint density at radius 1 is 1.26 bits per heavy atom. The van der Waals surface area contributed by atoms with Gasteiger partial charge in [-0.25, -0.2) is 4.39 Å². The Balaban J connectivity index is 1.96. The molecule has 0 bridgehead atoms. The predicted molar refractivity (Wildman–Crippen MR) is 72.8 cm³/mol. The molecular formula is C14H12FN3O. The fourth-order valence-electron chi connectivity index (χ4n) is 1.87. The third-order valence-corrected chi connectivity index (χ3v) is 2.86. The summed E-state index contributed by atoms with van der Waals surface area (Å²) in [5.74, 6) is -0.243. The number of para-hydroxylation sites is 1. The van der Waals surface area contributed by atoms with Gasteiger partial charge in [-0.15, -0.1) is 0 Å². The molecule has 96 valence electrons. The Labute approximate surface area is 109 Å². The predicted octanol–water partition coefficient (Wildman–Crippen LogP) is 3.60. The van der Waals surface area contributed by atoms with E-state index in [9.17, 15) is 4.39 Å². The maximum Gasteiger partial charge on any atom is 0.300 e. The number of nitrogens with zero attached hydrogens (tertiary/aromatic N) is 1. The molecule has 0 aliphatic rings. The minimum atomic E-state index is -0.243. The van der Waals surface area contributed by atoms with Crippen molar-refractivity contribution in [1.82, 2.24) is 4.98 Å². The molecule has 0 atom stereocenters. The molecule has 0 spiro atoms. The monoisotopic (exact) mass is 257 g/mol. The van der Waals surface area contributed by atoms with Crippen LogP contribution in [0, 0.1) is 12.7 Å². The number of aromatic nitrogens is 1. The summed E-state index contributed by atoms with van der Waals surface area (Å²) in [6.07, 6.45) is 0. The highest BCUT2D eigenvalue weighted by molar-refractivity contribution is 5.86. The van der Waals surface area contributed by atoms with Crippen LogP contribution in [0.4, 0.5) is 21.8 Å². The third kappa shape index (κ3) is 2.10. The normalized spacial score (nSPS) is 10.8. The molecule has 3 rings (SSSR count). The molecule has 0 saturated carbocycles. The van der Waals surface area contributed by atoms with Crippen molar-refractivity contribution in [2.45, 2.75) is 6.92 Å². The van der Waals surface area contributed by atoms with Gasteiger partial charge in [-0.2, -0.15) is 4.98 Å². The first kappa shape index (κ1) is 11.5. The van der Waals surface area contributed by atoms with Crippen LogP contribution < -0.4 is 11.1 Å². The maximum absolute atomic E-state index is 13.2. The van der Waals surface area contributed by atoms with Crippen molar-refractivity contribution in [2.24, 2.45) is 0 Å². The van der Waals surface area contributed by atoms with Crippen LogP contribution in [0.1, 0.15) is 5.56 Å². The highest BCUT2D eigenvalue weighted by Crippen LogP contribution is 2.26. The van der Waals surface area contributed by atoms with E-state index in [1.807, 2.05) is 0 Å². The number of aryl methyl sites for hydroxylation is 1. The molecule has 0 aliphatic heterocycles. The molecule has 0 radical (unpaired) electrons. The van der Waals surface area contributed by atoms with Crippen LogP contribution in [0.5, 0.6) is 0 Å². The molecule has 3 N–H and O–H groups in total. The first-order valence-electron chi connectivity index (χ1n) is 5.82. The molecule has 2 aromatic carbocycles. The van der Waals surface area contributed by atoms with Gasteiger partial charge in [0, 0.05) is 5.69 Å². The van der Waals surface area contributed by atoms with Crippen LogP contribution in [0.3, 0.4) is 0 Å². The molecule has 4 nitrogen and oxygen atoms in total. The summed E-state index contributed by atoms with van der Waals surface area (Å²) >= 11 is 0. The molecule has 0 unspecified atom stereocenters. The fraction of sp³-hybridized carbons (Fsp3) is 0.0714. The number of oxazole rings is 1. The lowest BCUT2D eigenvalue weighted by molar-refractivity contribution is 0.616. The summed E-state index contributed by atoms with van der Waals surface area (Å²) in [6, 6.07) is 10.4. The number of nitrogens with two attached hydrogens (primary N) is 1. The van der Waals surface area contributed by atoms with Crippen molar-refractivity contribution in [3.05, 3.63) is 47.8 Å². The molecule has 0 aliphatic carbocycles. The molecule has 1 aromatic heterocycles. The number of hydrogen-bond acceptors (Lipinski definition) is 4. The van der Waals surface area contributed by atoms with Gasteiger partial charge in [-0.1, -0.05) is 6.07 Å². The Kier molecular flexibility index (Phi) is 2.59. The largest absolute Gasteiger partial charge is 0.423 e. The van der Waals surface area contributed by atoms with Crippen LogP contribution in [-0.2, 0) is 0 Å². The van der Waals surface area contributed by atoms with Gasteiger partial charge in [0.2, 0.25) is 0 Å². The average Bonchev–Trinajstić information content (AvgIpc) is 2.78. The number of hydrogen-bond donors (Lipinski definition) is 2. The van der Waals surface area contributed by atoms with E-state index in [1.165, 1.54) is 6.07 Å². The van der Waals surface area contributed by atoms with Crippen LogP contribution >= 0.6 is 0 Å². The SMILES string of the molecule is Cc1cc(Nc2nc3c(N)cccc3o2)ccc1F. The van der Waals surface area contributed by atoms with E-state index < -0.39 is 0 Å². The Bertz CT molecular complexity index is 752. The zero-order valence-corrected chi connectivity index (χ0v) is 10.3. The second-order valence-corrected chi connectivity index (χ2v) is 4.30. The summed E-state index contributed by atoms with van der Waals surface area (Å²) in [4.78, 5) is 4.26. The van der Waals surface area contributed by atoms with E-state index in [2.05, 4.69) is 10.3 Å². The van der Waals surface area contributed by atoms with Gasteiger partial charge in [0.15, 0.2) is 5.58 Å². The highest BCUT2D eigenvalue weighted by atomic mass is 19.1. The van der Waals surface area contributed by atoms with Crippen LogP contribution in [0.2, 0.25) is 0 Å². The van der Waals surface area contributed by atoms with Crippen molar-refractivity contribution in [3.63, 3.8) is 0 Å². The Hall–Kier alpha value is -2.56. The van der Waals surface area contributed by atoms with Crippen LogP contribution in [-0.4, -0.2) is 4.98 Å². The second-order valence-electron chi connectivity index (χ2n) is 4.30. The number of nitrogen functional groups attached to an aromatic ring is 1. The molecule has 0 fully saturated rings. The van der Waals surface area contributed by atoms with E-state index in [0.29, 0.717) is 34.1 Å². The Morgan fingerprint density at radius 3 is 2.84 bits per heavy atom. The standard InChI is InChI=1S/C14H12FN3O/c1-8-7-9(5-6-10(8)15)17-14-18-13-11(16)3-2-4-12(13)19-14/h2-7H,16H2,1H3,(H,17,18). The lowest BCUT2D eigenvalue weighted by Crippen LogP contribution is -1.92. The zero-order chi connectivity index (χ0) is 13.4. The molecule has 0 saturated heterocycles. The van der Waals surface area contributed by atoms with E-state index in [-0.39, 0.29) is 5.82 Å². The van der Waals surface area contributed by atoms with Gasteiger partial charge in [0.05, 0.1) is 5.69 Å². The number of anilines is 3. The van der Waals surface area contributed by atoms with Crippen molar-refractivity contribution in [1.29, 1.82) is 0 Å². The number of benzene rings is 2. The highest BCUT2D eigenvalue weighted by Gasteiger charge is 2.08. The van der Waals surface area contributed by atoms with Gasteiger partial charge in [0.1, 0.15) is 11.3 Å². The summed E-state index contributed by atoms with van der Waals surface area (Å²) in [5.41, 5.74) is 8.86. The lowest BCUT2D eigenvalue weighted by Gasteiger charge is -2.03. The minimum Gasteiger partial charge on any atom is -0.423 e. The van der Waals surface area contributed by atoms with Crippen LogP contribution in [0.15, 0.2) is 40.8 Å². The van der Waals surface area contributed by atoms with Gasteiger partial charge in [-0.3, -0.25) is 0 Å². The molecule has 1 heterocycles. The zero-order valence-electron chi connectivity index (χ0n) is 10.3. The summed E-state index contributed by atoms with van der Waals surface area (Å²) < 4.78 is 18.7. The number of halogens is 1. The van der Waals surface area contributed by atoms with Gasteiger partial charge >= 0.3 is 0 Å². The molecule has 19 heavy (non-hydrogen) atoms. The van der Waals surface area contributed by atoms with E-state index in [0.717, 1.165) is 0 Å². The number of fused-ring (bicyclic) bond motifs is 1. The topological polar surface area (TPSA) is 64.1 Å². The third-order valence-electron chi connectivity index (χ3n) is 2.86. The number of rotatable bonds is 2. The molecule has 0 amide bonds.